The molecule has 0 atom stereocenters. The SMILES string of the molecule is O=S(O)O.[Ca+2].[O-][Si]([O-])(O)O. The van der Waals surface area contributed by atoms with E-state index in [0.717, 1.165) is 0 Å². The topological polar surface area (TPSA) is 144 Å². The van der Waals surface area contributed by atoms with Crippen LogP contribution < -0.4 is 9.59 Å². The van der Waals surface area contributed by atoms with Crippen LogP contribution in [-0.2, 0) is 11.4 Å². The molecular weight excluding hydrogens is 212 g/mol. The monoisotopic (exact) mass is 216 g/mol. The van der Waals surface area contributed by atoms with Crippen LogP contribution in [-0.4, -0.2) is 69.7 Å². The Labute approximate surface area is 89.9 Å². The minimum atomic E-state index is -5.11. The molecule has 7 nitrogen and oxygen atoms in total. The van der Waals surface area contributed by atoms with E-state index in [1.807, 2.05) is 0 Å². The first-order chi connectivity index (χ1) is 3.73. The Morgan fingerprint density at radius 1 is 1.20 bits per heavy atom. The van der Waals surface area contributed by atoms with Gasteiger partial charge in [-0.05, 0) is 0 Å². The Morgan fingerprint density at radius 2 is 1.20 bits per heavy atom. The maximum absolute atomic E-state index is 8.80. The summed E-state index contributed by atoms with van der Waals surface area (Å²) >= 11 is -2.61. The molecule has 0 aromatic heterocycles. The second-order valence-corrected chi connectivity index (χ2v) is 2.34. The molecule has 4 N–H and O–H groups in total. The zero-order valence-electron chi connectivity index (χ0n) is 4.63. The smallest absolute Gasteiger partial charge is 0.828 e. The van der Waals surface area contributed by atoms with E-state index in [4.69, 9.17) is 32.5 Å². The Balaban J connectivity index is -0.0000000910. The van der Waals surface area contributed by atoms with Gasteiger partial charge in [0.15, 0.2) is 0 Å². The second-order valence-electron chi connectivity index (χ2n) is 0.779. The molecule has 0 amide bonds. The largest absolute Gasteiger partial charge is 2.00 e. The summed E-state index contributed by atoms with van der Waals surface area (Å²) in [6.07, 6.45) is 0. The summed E-state index contributed by atoms with van der Waals surface area (Å²) in [4.78, 5) is 31.8. The van der Waals surface area contributed by atoms with Gasteiger partial charge >= 0.3 is 37.7 Å². The molecular formula is H4CaO7SSi. The fraction of sp³-hybridized carbons (Fsp3) is 0. The van der Waals surface area contributed by atoms with Crippen LogP contribution in [0.1, 0.15) is 0 Å². The third kappa shape index (κ3) is 343. The zero-order valence-corrected chi connectivity index (χ0v) is 8.65. The first-order valence-corrected chi connectivity index (χ1v) is 4.16. The van der Waals surface area contributed by atoms with Crippen molar-refractivity contribution >= 4 is 58.1 Å². The summed E-state index contributed by atoms with van der Waals surface area (Å²) in [6, 6.07) is 0. The van der Waals surface area contributed by atoms with Crippen molar-refractivity contribution in [3.63, 3.8) is 0 Å². The molecule has 10 heteroatoms. The van der Waals surface area contributed by atoms with Crippen LogP contribution >= 0.6 is 0 Å². The molecule has 0 saturated heterocycles. The van der Waals surface area contributed by atoms with E-state index in [1.165, 1.54) is 0 Å². The summed E-state index contributed by atoms with van der Waals surface area (Å²) in [5.41, 5.74) is 0. The predicted octanol–water partition coefficient (Wildman–Crippen LogP) is -4.57. The molecule has 0 bridgehead atoms. The van der Waals surface area contributed by atoms with E-state index in [-0.39, 0.29) is 37.7 Å². The summed E-state index contributed by atoms with van der Waals surface area (Å²) < 4.78 is 22.8. The number of rotatable bonds is 0. The van der Waals surface area contributed by atoms with Gasteiger partial charge < -0.3 is 19.2 Å². The van der Waals surface area contributed by atoms with Crippen LogP contribution in [0.25, 0.3) is 0 Å². The molecule has 0 fully saturated rings. The van der Waals surface area contributed by atoms with Crippen LogP contribution in [0, 0.1) is 0 Å². The van der Waals surface area contributed by atoms with Gasteiger partial charge in [-0.25, -0.2) is 0 Å². The van der Waals surface area contributed by atoms with Gasteiger partial charge in [0.1, 0.15) is 9.05 Å². The number of hydrogen-bond acceptors (Lipinski definition) is 5. The van der Waals surface area contributed by atoms with Crippen molar-refractivity contribution < 1.29 is 32.5 Å². The van der Waals surface area contributed by atoms with Gasteiger partial charge in [0.05, 0.1) is 0 Å². The molecule has 0 aliphatic heterocycles. The molecule has 0 heterocycles. The second kappa shape index (κ2) is 8.48. The molecule has 10 heavy (non-hydrogen) atoms. The van der Waals surface area contributed by atoms with Gasteiger partial charge in [-0.3, -0.25) is 9.11 Å². The Bertz CT molecular complexity index is 76.1. The normalized spacial score (nSPS) is 9.50. The van der Waals surface area contributed by atoms with Crippen molar-refractivity contribution in [1.82, 2.24) is 0 Å². The molecule has 58 valence electrons. The van der Waals surface area contributed by atoms with E-state index in [0.29, 0.717) is 0 Å². The fourth-order valence-corrected chi connectivity index (χ4v) is 0. The molecule has 0 aliphatic rings. The molecule has 0 radical (unpaired) electrons. The van der Waals surface area contributed by atoms with Crippen LogP contribution in [0.3, 0.4) is 0 Å². The first kappa shape index (κ1) is 17.5. The molecule has 0 spiro atoms. The third-order valence-corrected chi connectivity index (χ3v) is 0. The van der Waals surface area contributed by atoms with E-state index < -0.39 is 20.4 Å². The van der Waals surface area contributed by atoms with Crippen LogP contribution in [0.5, 0.6) is 0 Å². The molecule has 0 aromatic carbocycles. The van der Waals surface area contributed by atoms with Gasteiger partial charge in [-0.2, -0.15) is 4.21 Å². The molecule has 0 saturated carbocycles. The van der Waals surface area contributed by atoms with Gasteiger partial charge in [-0.1, -0.05) is 0 Å². The maximum Gasteiger partial charge on any atom is 2.00 e. The fourth-order valence-electron chi connectivity index (χ4n) is 0. The Kier molecular flexibility index (Phi) is 14.8. The Hall–Kier alpha value is 1.39. The predicted molar refractivity (Wildman–Crippen MR) is 29.3 cm³/mol. The minimum Gasteiger partial charge on any atom is -0.828 e. The van der Waals surface area contributed by atoms with E-state index in [1.54, 1.807) is 0 Å². The number of hydrogen-bond donors (Lipinski definition) is 4. The van der Waals surface area contributed by atoms with Crippen molar-refractivity contribution in [3.05, 3.63) is 0 Å². The van der Waals surface area contributed by atoms with E-state index in [2.05, 4.69) is 0 Å². The van der Waals surface area contributed by atoms with Crippen molar-refractivity contribution in [2.45, 2.75) is 0 Å². The summed E-state index contributed by atoms with van der Waals surface area (Å²) in [5.74, 6) is 0. The average molecular weight is 216 g/mol. The molecule has 0 rings (SSSR count). The van der Waals surface area contributed by atoms with Crippen molar-refractivity contribution in [2.24, 2.45) is 0 Å². The Morgan fingerprint density at radius 3 is 1.20 bits per heavy atom. The van der Waals surface area contributed by atoms with Gasteiger partial charge in [0, 0.05) is 0 Å². The van der Waals surface area contributed by atoms with Crippen molar-refractivity contribution in [1.29, 1.82) is 0 Å². The van der Waals surface area contributed by atoms with Crippen molar-refractivity contribution in [2.75, 3.05) is 0 Å². The van der Waals surface area contributed by atoms with E-state index in [9.17, 15) is 0 Å². The molecule has 0 aromatic rings. The van der Waals surface area contributed by atoms with Crippen LogP contribution in [0.15, 0.2) is 0 Å². The first-order valence-electron chi connectivity index (χ1n) is 1.39. The molecule has 0 unspecified atom stereocenters. The zero-order chi connectivity index (χ0) is 8.08. The minimum absolute atomic E-state index is 0. The van der Waals surface area contributed by atoms with Crippen LogP contribution in [0.2, 0.25) is 0 Å². The van der Waals surface area contributed by atoms with Crippen LogP contribution in [0.4, 0.5) is 0 Å². The quantitative estimate of drug-likeness (QED) is 0.235. The van der Waals surface area contributed by atoms with Gasteiger partial charge in [0.2, 0.25) is 0 Å². The van der Waals surface area contributed by atoms with E-state index >= 15 is 0 Å². The standard InChI is InChI=1S/Ca.H2O4Si.H2O3S/c;1-5(2,3)4;1-4(2)3/h;1-2H;(H2,1,2,3)/q+2;-2;. The molecule has 0 aliphatic carbocycles. The third-order valence-electron chi connectivity index (χ3n) is 0. The van der Waals surface area contributed by atoms with Crippen molar-refractivity contribution in [3.8, 4) is 0 Å². The maximum atomic E-state index is 8.80. The summed E-state index contributed by atoms with van der Waals surface area (Å²) in [7, 11) is -5.11. The average Bonchev–Trinajstić information content (AvgIpc) is 1.19. The van der Waals surface area contributed by atoms with Gasteiger partial charge in [-0.15, -0.1) is 0 Å². The summed E-state index contributed by atoms with van der Waals surface area (Å²) in [6.45, 7) is 0. The van der Waals surface area contributed by atoms with Gasteiger partial charge in [0.25, 0.3) is 11.4 Å². The summed E-state index contributed by atoms with van der Waals surface area (Å²) in [5, 5.41) is 0.